The molecule has 0 N–H and O–H groups in total. The van der Waals surface area contributed by atoms with Crippen molar-refractivity contribution in [2.45, 2.75) is 0 Å². The van der Waals surface area contributed by atoms with E-state index in [9.17, 15) is 0 Å². The Labute approximate surface area is 141 Å². The molecule has 1 aromatic heterocycles. The lowest BCUT2D eigenvalue weighted by atomic mass is 10.0. The molecule has 22 heavy (non-hydrogen) atoms. The maximum absolute atomic E-state index is 4.74. The molecule has 106 valence electrons. The average Bonchev–Trinajstić information content (AvgIpc) is 3.00. The van der Waals surface area contributed by atoms with Crippen LogP contribution in [0.25, 0.3) is 31.9 Å². The van der Waals surface area contributed by atoms with Gasteiger partial charge in [0, 0.05) is 10.0 Å². The van der Waals surface area contributed by atoms with Crippen molar-refractivity contribution < 1.29 is 0 Å². The Bertz CT molecular complexity index is 908. The fourth-order valence-electron chi connectivity index (χ4n) is 2.47. The standard InChI is InChI=1S/C19H12BrNS/c20-16-10-8-13(9-11-16)14-4-3-5-15(12-14)19-21-17-6-1-2-7-18(17)22-19/h1-12H. The van der Waals surface area contributed by atoms with Gasteiger partial charge in [-0.3, -0.25) is 0 Å². The Morgan fingerprint density at radius 2 is 1.50 bits per heavy atom. The fraction of sp³-hybridized carbons (Fsp3) is 0. The summed E-state index contributed by atoms with van der Waals surface area (Å²) in [7, 11) is 0. The van der Waals surface area contributed by atoms with Crippen molar-refractivity contribution in [1.82, 2.24) is 4.98 Å². The Balaban J connectivity index is 1.79. The summed E-state index contributed by atoms with van der Waals surface area (Å²) in [4.78, 5) is 4.74. The van der Waals surface area contributed by atoms with Gasteiger partial charge in [0.2, 0.25) is 0 Å². The van der Waals surface area contributed by atoms with E-state index in [1.165, 1.54) is 21.4 Å². The van der Waals surface area contributed by atoms with E-state index in [0.717, 1.165) is 15.0 Å². The van der Waals surface area contributed by atoms with Gasteiger partial charge in [-0.2, -0.15) is 0 Å². The number of fused-ring (bicyclic) bond motifs is 1. The van der Waals surface area contributed by atoms with Gasteiger partial charge in [0.25, 0.3) is 0 Å². The summed E-state index contributed by atoms with van der Waals surface area (Å²) in [6, 6.07) is 25.2. The molecule has 0 bridgehead atoms. The minimum Gasteiger partial charge on any atom is -0.236 e. The van der Waals surface area contributed by atoms with Crippen LogP contribution in [-0.4, -0.2) is 4.98 Å². The minimum absolute atomic E-state index is 1.07. The zero-order valence-electron chi connectivity index (χ0n) is 11.7. The molecule has 0 amide bonds. The van der Waals surface area contributed by atoms with Crippen LogP contribution in [0, 0.1) is 0 Å². The zero-order chi connectivity index (χ0) is 14.9. The average molecular weight is 366 g/mol. The van der Waals surface area contributed by atoms with E-state index in [2.05, 4.69) is 82.7 Å². The minimum atomic E-state index is 1.07. The summed E-state index contributed by atoms with van der Waals surface area (Å²) in [6.07, 6.45) is 0. The molecule has 0 radical (unpaired) electrons. The molecule has 4 aromatic rings. The smallest absolute Gasteiger partial charge is 0.124 e. The van der Waals surface area contributed by atoms with E-state index < -0.39 is 0 Å². The van der Waals surface area contributed by atoms with Crippen LogP contribution < -0.4 is 0 Å². The highest BCUT2D eigenvalue weighted by Crippen LogP contribution is 2.32. The normalized spacial score (nSPS) is 11.0. The molecule has 0 atom stereocenters. The van der Waals surface area contributed by atoms with Crippen LogP contribution in [-0.2, 0) is 0 Å². The molecule has 3 aromatic carbocycles. The van der Waals surface area contributed by atoms with Gasteiger partial charge in [-0.05, 0) is 41.5 Å². The molecule has 3 heteroatoms. The second kappa shape index (κ2) is 5.67. The topological polar surface area (TPSA) is 12.9 Å². The lowest BCUT2D eigenvalue weighted by molar-refractivity contribution is 1.47. The maximum atomic E-state index is 4.74. The molecule has 4 rings (SSSR count). The van der Waals surface area contributed by atoms with Gasteiger partial charge >= 0.3 is 0 Å². The predicted octanol–water partition coefficient (Wildman–Crippen LogP) is 6.39. The first-order valence-corrected chi connectivity index (χ1v) is 8.62. The van der Waals surface area contributed by atoms with E-state index in [1.54, 1.807) is 11.3 Å². The summed E-state index contributed by atoms with van der Waals surface area (Å²) in [5, 5.41) is 1.07. The maximum Gasteiger partial charge on any atom is 0.124 e. The molecule has 0 fully saturated rings. The molecular weight excluding hydrogens is 354 g/mol. The van der Waals surface area contributed by atoms with E-state index in [0.29, 0.717) is 0 Å². The Hall–Kier alpha value is -1.97. The third-order valence-corrected chi connectivity index (χ3v) is 5.20. The summed E-state index contributed by atoms with van der Waals surface area (Å²) < 4.78 is 2.32. The Morgan fingerprint density at radius 1 is 0.727 bits per heavy atom. The van der Waals surface area contributed by atoms with Crippen molar-refractivity contribution in [2.24, 2.45) is 0 Å². The van der Waals surface area contributed by atoms with Gasteiger partial charge in [0.05, 0.1) is 10.2 Å². The molecule has 1 heterocycles. The molecule has 0 aliphatic rings. The number of hydrogen-bond acceptors (Lipinski definition) is 2. The number of hydrogen-bond donors (Lipinski definition) is 0. The van der Waals surface area contributed by atoms with Crippen LogP contribution in [0.5, 0.6) is 0 Å². The SMILES string of the molecule is Brc1ccc(-c2cccc(-c3nc4ccccc4s3)c2)cc1. The number of rotatable bonds is 2. The molecule has 0 aliphatic carbocycles. The second-order valence-corrected chi connectivity index (χ2v) is 7.02. The van der Waals surface area contributed by atoms with Gasteiger partial charge in [-0.25, -0.2) is 4.98 Å². The van der Waals surface area contributed by atoms with Crippen molar-refractivity contribution in [3.05, 3.63) is 77.3 Å². The lowest BCUT2D eigenvalue weighted by Gasteiger charge is -2.04. The van der Waals surface area contributed by atoms with E-state index in [-0.39, 0.29) is 0 Å². The van der Waals surface area contributed by atoms with Crippen LogP contribution in [0.4, 0.5) is 0 Å². The van der Waals surface area contributed by atoms with Crippen LogP contribution in [0.1, 0.15) is 0 Å². The third kappa shape index (κ3) is 2.58. The van der Waals surface area contributed by atoms with Crippen LogP contribution >= 0.6 is 27.3 Å². The van der Waals surface area contributed by atoms with Crippen molar-refractivity contribution >= 4 is 37.5 Å². The van der Waals surface area contributed by atoms with E-state index >= 15 is 0 Å². The first-order valence-electron chi connectivity index (χ1n) is 7.01. The fourth-order valence-corrected chi connectivity index (χ4v) is 3.70. The Kier molecular flexibility index (Phi) is 3.53. The summed E-state index contributed by atoms with van der Waals surface area (Å²) in [5.41, 5.74) is 4.66. The van der Waals surface area contributed by atoms with Crippen LogP contribution in [0.3, 0.4) is 0 Å². The highest BCUT2D eigenvalue weighted by molar-refractivity contribution is 9.10. The van der Waals surface area contributed by atoms with E-state index in [1.807, 2.05) is 6.07 Å². The summed E-state index contributed by atoms with van der Waals surface area (Å²) in [6.45, 7) is 0. The first-order chi connectivity index (χ1) is 10.8. The Morgan fingerprint density at radius 3 is 2.32 bits per heavy atom. The molecule has 0 aliphatic heterocycles. The van der Waals surface area contributed by atoms with Crippen molar-refractivity contribution in [3.8, 4) is 21.7 Å². The lowest BCUT2D eigenvalue weighted by Crippen LogP contribution is -1.80. The van der Waals surface area contributed by atoms with Gasteiger partial charge in [-0.15, -0.1) is 11.3 Å². The van der Waals surface area contributed by atoms with Gasteiger partial charge in [-0.1, -0.05) is 58.4 Å². The number of nitrogens with zero attached hydrogens (tertiary/aromatic N) is 1. The number of para-hydroxylation sites is 1. The quantitative estimate of drug-likeness (QED) is 0.400. The van der Waals surface area contributed by atoms with Gasteiger partial charge in [0.1, 0.15) is 5.01 Å². The monoisotopic (exact) mass is 365 g/mol. The zero-order valence-corrected chi connectivity index (χ0v) is 14.1. The van der Waals surface area contributed by atoms with Gasteiger partial charge in [0.15, 0.2) is 0 Å². The number of aromatic nitrogens is 1. The van der Waals surface area contributed by atoms with Crippen molar-refractivity contribution in [2.75, 3.05) is 0 Å². The number of benzene rings is 3. The number of thiazole rings is 1. The van der Waals surface area contributed by atoms with Gasteiger partial charge < -0.3 is 0 Å². The largest absolute Gasteiger partial charge is 0.236 e. The highest BCUT2D eigenvalue weighted by atomic mass is 79.9. The molecular formula is C19H12BrNS. The molecule has 1 nitrogen and oxygen atoms in total. The van der Waals surface area contributed by atoms with Crippen molar-refractivity contribution in [1.29, 1.82) is 0 Å². The predicted molar refractivity (Wildman–Crippen MR) is 98.2 cm³/mol. The second-order valence-electron chi connectivity index (χ2n) is 5.07. The molecule has 0 unspecified atom stereocenters. The molecule has 0 saturated carbocycles. The summed E-state index contributed by atoms with van der Waals surface area (Å²) in [5.74, 6) is 0. The van der Waals surface area contributed by atoms with Crippen molar-refractivity contribution in [3.63, 3.8) is 0 Å². The number of halogens is 1. The first kappa shape index (κ1) is 13.7. The summed E-state index contributed by atoms with van der Waals surface area (Å²) >= 11 is 5.22. The molecule has 0 saturated heterocycles. The third-order valence-electron chi connectivity index (χ3n) is 3.58. The van der Waals surface area contributed by atoms with Crippen LogP contribution in [0.2, 0.25) is 0 Å². The molecule has 0 spiro atoms. The highest BCUT2D eigenvalue weighted by Gasteiger charge is 2.07. The van der Waals surface area contributed by atoms with E-state index in [4.69, 9.17) is 4.98 Å². The van der Waals surface area contributed by atoms with Crippen LogP contribution in [0.15, 0.2) is 77.3 Å².